The van der Waals surface area contributed by atoms with Gasteiger partial charge in [-0.2, -0.15) is 44.2 Å². The number of anilines is 7. The summed E-state index contributed by atoms with van der Waals surface area (Å²) in [7, 11) is -17.0. The Morgan fingerprint density at radius 3 is 1.72 bits per heavy atom. The molecule has 11 N–H and O–H groups in total. The summed E-state index contributed by atoms with van der Waals surface area (Å²) < 4.78 is 136. The number of benzene rings is 7. The SMILES string of the molecule is CC(=O)Nc1cc(S(=O)(=O)O)c2cc(N)cc(S(=O)(=O)O)c2c1.COc1cc(N)c(C)cc1N=Nc1sc(N=Nc2c(Nc3ccc(S(=O)(=O)O)cc3)nc(Nc3ccc(S(=O)(=O)O)cc3)c(C#N)c2C)c(C#N)c1-c1ccc2ccccc2c1. The van der Waals surface area contributed by atoms with E-state index >= 15 is 0 Å². The van der Waals surface area contributed by atoms with Crippen LogP contribution in [0.1, 0.15) is 29.2 Å². The van der Waals surface area contributed by atoms with Gasteiger partial charge in [0.25, 0.3) is 40.5 Å². The predicted molar refractivity (Wildman–Crippen MR) is 318 cm³/mol. The van der Waals surface area contributed by atoms with Gasteiger partial charge in [0.05, 0.1) is 22.5 Å². The summed E-state index contributed by atoms with van der Waals surface area (Å²) in [6, 6.07) is 35.5. The summed E-state index contributed by atoms with van der Waals surface area (Å²) in [6.07, 6.45) is 0. The summed E-state index contributed by atoms with van der Waals surface area (Å²) >= 11 is 1.04. The maximum absolute atomic E-state index is 11.7. The quantitative estimate of drug-likeness (QED) is 0.0261. The van der Waals surface area contributed by atoms with Gasteiger partial charge in [-0.3, -0.25) is 23.0 Å². The third-order valence-electron chi connectivity index (χ3n) is 12.3. The van der Waals surface area contributed by atoms with Crippen molar-refractivity contribution in [1.29, 1.82) is 10.5 Å². The first-order chi connectivity index (χ1) is 40.0. The van der Waals surface area contributed by atoms with Crippen LogP contribution in [0.2, 0.25) is 0 Å². The number of aryl methyl sites for hydroxylation is 1. The van der Waals surface area contributed by atoms with Crippen molar-refractivity contribution in [1.82, 2.24) is 4.98 Å². The van der Waals surface area contributed by atoms with Gasteiger partial charge in [0, 0.05) is 63.3 Å². The number of rotatable bonds is 15. The lowest BCUT2D eigenvalue weighted by molar-refractivity contribution is -0.114. The lowest BCUT2D eigenvalue weighted by atomic mass is 10.00. The van der Waals surface area contributed by atoms with Crippen LogP contribution in [0, 0.1) is 36.5 Å². The van der Waals surface area contributed by atoms with E-state index in [0.29, 0.717) is 44.6 Å². The lowest BCUT2D eigenvalue weighted by Gasteiger charge is -2.16. The number of nitrogens with one attached hydrogen (secondary N) is 3. The fraction of sp³-hybridized carbons (Fsp3) is 0.0741. The second-order valence-corrected chi connectivity index (χ2v) is 24.8. The molecule has 0 atom stereocenters. The minimum absolute atomic E-state index is 0.0177. The zero-order valence-corrected chi connectivity index (χ0v) is 48.4. The largest absolute Gasteiger partial charge is 0.494 e. The Kier molecular flexibility index (Phi) is 17.4. The monoisotopic (exact) mass is 1240 g/mol. The molecule has 26 nitrogen and oxygen atoms in total. The van der Waals surface area contributed by atoms with Crippen molar-refractivity contribution in [3.05, 3.63) is 150 Å². The number of pyridine rings is 1. The number of aromatic nitrogens is 1. The normalized spacial score (nSPS) is 11.9. The molecule has 1 amide bonds. The van der Waals surface area contributed by atoms with Crippen LogP contribution in [-0.4, -0.2) is 69.9 Å². The fourth-order valence-corrected chi connectivity index (χ4v) is 11.7. The van der Waals surface area contributed by atoms with E-state index in [-0.39, 0.29) is 71.0 Å². The van der Waals surface area contributed by atoms with Crippen molar-refractivity contribution in [3.8, 4) is 29.0 Å². The number of hydrogen-bond donors (Lipinski definition) is 9. The molecule has 0 bridgehead atoms. The predicted octanol–water partition coefficient (Wildman–Crippen LogP) is 11.6. The molecule has 0 spiro atoms. The maximum atomic E-state index is 11.7. The number of amides is 1. The molecule has 7 aromatic carbocycles. The van der Waals surface area contributed by atoms with Crippen LogP contribution in [-0.2, 0) is 45.3 Å². The van der Waals surface area contributed by atoms with Gasteiger partial charge in [0.15, 0.2) is 16.6 Å². The van der Waals surface area contributed by atoms with Gasteiger partial charge in [-0.25, -0.2) is 4.98 Å². The van der Waals surface area contributed by atoms with E-state index in [4.69, 9.17) is 16.2 Å². The minimum atomic E-state index is -4.75. The minimum Gasteiger partial charge on any atom is -0.494 e. The van der Waals surface area contributed by atoms with E-state index in [1.165, 1.54) is 43.5 Å². The number of fused-ring (bicyclic) bond motifs is 2. The molecule has 2 aromatic heterocycles. The molecular weight excluding hydrogens is 1200 g/mol. The number of azo groups is 2. The van der Waals surface area contributed by atoms with Crippen LogP contribution in [0.4, 0.5) is 61.4 Å². The van der Waals surface area contributed by atoms with Crippen LogP contribution >= 0.6 is 11.3 Å². The zero-order valence-electron chi connectivity index (χ0n) is 44.3. The molecule has 0 fully saturated rings. The molecular formula is C54H44N12O14S5. The molecule has 0 saturated carbocycles. The highest BCUT2D eigenvalue weighted by Crippen LogP contribution is 2.50. The Bertz CT molecular complexity index is 4840. The summed E-state index contributed by atoms with van der Waals surface area (Å²) in [5, 5.41) is 49.5. The molecule has 31 heteroatoms. The molecule has 0 saturated heterocycles. The van der Waals surface area contributed by atoms with Crippen LogP contribution in [0.15, 0.2) is 167 Å². The Labute approximate surface area is 488 Å². The van der Waals surface area contributed by atoms with E-state index in [1.807, 2.05) is 49.4 Å². The number of nitrogen functional groups attached to an aromatic ring is 2. The van der Waals surface area contributed by atoms with Gasteiger partial charge in [0.1, 0.15) is 49.6 Å². The smallest absolute Gasteiger partial charge is 0.295 e. The van der Waals surface area contributed by atoms with Crippen molar-refractivity contribution in [2.24, 2.45) is 20.5 Å². The lowest BCUT2D eigenvalue weighted by Crippen LogP contribution is -2.09. The molecule has 0 radical (unpaired) electrons. The topological polar surface area (TPSA) is 442 Å². The van der Waals surface area contributed by atoms with Gasteiger partial charge < -0.3 is 32.2 Å². The molecule has 0 unspecified atom stereocenters. The molecule has 0 aliphatic carbocycles. The Balaban J connectivity index is 0.000000342. The Morgan fingerprint density at radius 1 is 0.612 bits per heavy atom. The molecule has 2 heterocycles. The first kappa shape index (κ1) is 61.3. The third kappa shape index (κ3) is 14.0. The number of nitrogens with two attached hydrogens (primary N) is 2. The van der Waals surface area contributed by atoms with Gasteiger partial charge in [-0.1, -0.05) is 47.7 Å². The van der Waals surface area contributed by atoms with Crippen molar-refractivity contribution < 1.29 is 61.4 Å². The van der Waals surface area contributed by atoms with Gasteiger partial charge in [-0.15, -0.1) is 20.5 Å². The molecule has 9 aromatic rings. The third-order valence-corrected chi connectivity index (χ3v) is 16.8. The number of ether oxygens (including phenoxy) is 1. The maximum Gasteiger partial charge on any atom is 0.295 e. The number of carbonyl (C=O) groups is 1. The highest BCUT2D eigenvalue weighted by Gasteiger charge is 2.25. The number of nitriles is 2. The second kappa shape index (κ2) is 24.2. The number of methoxy groups -OCH3 is 1. The average molecular weight is 1250 g/mol. The first-order valence-corrected chi connectivity index (χ1v) is 30.6. The van der Waals surface area contributed by atoms with E-state index < -0.39 is 56.2 Å². The van der Waals surface area contributed by atoms with Crippen LogP contribution < -0.4 is 32.2 Å². The molecule has 0 aliphatic rings. The molecule has 0 aliphatic heterocycles. The molecule has 434 valence electrons. The summed E-state index contributed by atoms with van der Waals surface area (Å²) in [6.45, 7) is 4.57. The number of hydrogen-bond acceptors (Lipinski definition) is 22. The highest BCUT2D eigenvalue weighted by molar-refractivity contribution is 7.87. The van der Waals surface area contributed by atoms with Crippen LogP contribution in [0.3, 0.4) is 0 Å². The first-order valence-electron chi connectivity index (χ1n) is 24.0. The van der Waals surface area contributed by atoms with E-state index in [0.717, 1.165) is 71.0 Å². The van der Waals surface area contributed by atoms with Gasteiger partial charge >= 0.3 is 0 Å². The fourth-order valence-electron chi connectivity index (χ4n) is 8.33. The molecule has 9 rings (SSSR count). The second-order valence-electron chi connectivity index (χ2n) is 18.2. The summed E-state index contributed by atoms with van der Waals surface area (Å²) in [5.41, 5.74) is 15.3. The summed E-state index contributed by atoms with van der Waals surface area (Å²) in [4.78, 5) is 13.8. The zero-order chi connectivity index (χ0) is 61.9. The number of carbonyl (C=O) groups excluding carboxylic acids is 1. The number of thiophene rings is 1. The average Bonchev–Trinajstić information content (AvgIpc) is 3.80. The standard InChI is InChI=1S/C42H32N10O7S3.C12H12N2O7S2/c1-23-18-35(36(59-3)20-34(23)45)49-52-42-37(27-9-8-25-6-4-5-7-26(25)19-27)33(22-44)41(60-42)51-50-38-24(2)32(21-43)39(46-28-10-14-30(15-11-28)61(53,54)55)48-40(38)47-29-12-16-31(17-13-29)62(56,57)58;1-6(15)14-8-4-10-9(12(5-8)23(19,20)21)2-7(13)3-11(10)22(16,17)18/h4-20H,45H2,1-3H3,(H2,46,47,48)(H,53,54,55)(H,56,57,58);2-5H,13H2,1H3,(H,14,15)(H,16,17,18)(H,19,20,21). The van der Waals surface area contributed by atoms with Gasteiger partial charge in [0.2, 0.25) is 5.91 Å². The van der Waals surface area contributed by atoms with Crippen molar-refractivity contribution >= 4 is 141 Å². The van der Waals surface area contributed by atoms with Gasteiger partial charge in [-0.05, 0) is 121 Å². The Morgan fingerprint density at radius 2 is 1.16 bits per heavy atom. The van der Waals surface area contributed by atoms with E-state index in [9.17, 15) is 67.2 Å². The van der Waals surface area contributed by atoms with Crippen LogP contribution in [0.5, 0.6) is 5.75 Å². The van der Waals surface area contributed by atoms with Crippen molar-refractivity contribution in [3.63, 3.8) is 0 Å². The Hall–Kier alpha value is -9.80. The van der Waals surface area contributed by atoms with E-state index in [2.05, 4.69) is 53.5 Å². The van der Waals surface area contributed by atoms with Crippen molar-refractivity contribution in [2.75, 3.05) is 34.5 Å². The van der Waals surface area contributed by atoms with Crippen molar-refractivity contribution in [2.45, 2.75) is 40.4 Å². The number of nitrogens with zero attached hydrogens (tertiary/aromatic N) is 7. The summed E-state index contributed by atoms with van der Waals surface area (Å²) in [5.74, 6) is -0.117. The van der Waals surface area contributed by atoms with E-state index in [1.54, 1.807) is 19.1 Å². The highest BCUT2D eigenvalue weighted by atomic mass is 32.2. The van der Waals surface area contributed by atoms with Crippen LogP contribution in [0.25, 0.3) is 32.7 Å². The molecule has 85 heavy (non-hydrogen) atoms.